The molecule has 0 spiro atoms. The second-order valence-electron chi connectivity index (χ2n) is 7.25. The smallest absolute Gasteiger partial charge is 0.364 e. The zero-order chi connectivity index (χ0) is 22.0. The van der Waals surface area contributed by atoms with Crippen molar-refractivity contribution in [3.63, 3.8) is 0 Å². The van der Waals surface area contributed by atoms with Crippen LogP contribution in [0, 0.1) is 11.3 Å². The number of halogens is 3. The molecule has 0 amide bonds. The number of hydrogen-bond acceptors (Lipinski definition) is 7. The molecule has 1 atom stereocenters. The molecule has 0 radical (unpaired) electrons. The number of alkyl halides is 3. The van der Waals surface area contributed by atoms with Crippen molar-refractivity contribution in [1.29, 1.82) is 5.26 Å². The van der Waals surface area contributed by atoms with Crippen molar-refractivity contribution in [3.05, 3.63) is 35.8 Å². The SMILES string of the molecule is COCn1cc(-c2nc(N[C@H]3CCCNC3)ncc2C(F)(F)F)c2ccc(C#N)nc21. The van der Waals surface area contributed by atoms with Gasteiger partial charge in [0.25, 0.3) is 0 Å². The van der Waals surface area contributed by atoms with Gasteiger partial charge < -0.3 is 19.9 Å². The zero-order valence-electron chi connectivity index (χ0n) is 16.7. The number of pyridine rings is 1. The Morgan fingerprint density at radius 1 is 1.35 bits per heavy atom. The number of methoxy groups -OCH3 is 1. The van der Waals surface area contributed by atoms with Gasteiger partial charge in [-0.05, 0) is 31.5 Å². The molecule has 0 saturated carbocycles. The summed E-state index contributed by atoms with van der Waals surface area (Å²) in [6, 6.07) is 5.01. The van der Waals surface area contributed by atoms with E-state index in [9.17, 15) is 13.2 Å². The highest BCUT2D eigenvalue weighted by atomic mass is 19.4. The number of nitrogens with one attached hydrogen (secondary N) is 2. The molecule has 0 unspecified atom stereocenters. The van der Waals surface area contributed by atoms with Gasteiger partial charge in [0, 0.05) is 43.0 Å². The first-order chi connectivity index (χ1) is 14.9. The second kappa shape index (κ2) is 8.49. The van der Waals surface area contributed by atoms with Gasteiger partial charge in [0.05, 0.1) is 5.69 Å². The molecule has 1 saturated heterocycles. The first-order valence-electron chi connectivity index (χ1n) is 9.71. The molecule has 0 bridgehead atoms. The van der Waals surface area contributed by atoms with E-state index in [2.05, 4.69) is 25.6 Å². The van der Waals surface area contributed by atoms with Crippen LogP contribution in [-0.4, -0.2) is 45.8 Å². The summed E-state index contributed by atoms with van der Waals surface area (Å²) in [6.07, 6.45) is -0.497. The molecule has 0 aliphatic carbocycles. The van der Waals surface area contributed by atoms with Crippen LogP contribution in [0.4, 0.5) is 19.1 Å². The maximum Gasteiger partial charge on any atom is 0.419 e. The molecular weight excluding hydrogens is 411 g/mol. The molecule has 4 rings (SSSR count). The number of fused-ring (bicyclic) bond motifs is 1. The second-order valence-corrected chi connectivity index (χ2v) is 7.25. The van der Waals surface area contributed by atoms with Gasteiger partial charge in [-0.2, -0.15) is 18.4 Å². The fourth-order valence-corrected chi connectivity index (χ4v) is 3.67. The number of nitrogens with zero attached hydrogens (tertiary/aromatic N) is 5. The van der Waals surface area contributed by atoms with E-state index in [-0.39, 0.29) is 35.7 Å². The lowest BCUT2D eigenvalue weighted by Crippen LogP contribution is -2.38. The van der Waals surface area contributed by atoms with Crippen LogP contribution in [0.2, 0.25) is 0 Å². The molecule has 3 aromatic heterocycles. The summed E-state index contributed by atoms with van der Waals surface area (Å²) in [7, 11) is 1.46. The number of rotatable bonds is 5. The monoisotopic (exact) mass is 431 g/mol. The lowest BCUT2D eigenvalue weighted by Gasteiger charge is -2.24. The van der Waals surface area contributed by atoms with Crippen molar-refractivity contribution in [1.82, 2.24) is 24.8 Å². The highest BCUT2D eigenvalue weighted by Gasteiger charge is 2.36. The minimum absolute atomic E-state index is 0.0352. The van der Waals surface area contributed by atoms with Crippen LogP contribution in [-0.2, 0) is 17.6 Å². The fraction of sp³-hybridized carbons (Fsp3) is 0.400. The normalized spacial score (nSPS) is 16.9. The van der Waals surface area contributed by atoms with E-state index in [4.69, 9.17) is 10.00 Å². The Hall–Kier alpha value is -3.23. The van der Waals surface area contributed by atoms with Gasteiger partial charge in [-0.3, -0.25) is 0 Å². The van der Waals surface area contributed by atoms with Gasteiger partial charge in [-0.15, -0.1) is 0 Å². The molecule has 3 aromatic rings. The Morgan fingerprint density at radius 2 is 2.19 bits per heavy atom. The van der Waals surface area contributed by atoms with E-state index < -0.39 is 11.7 Å². The third kappa shape index (κ3) is 4.30. The third-order valence-corrected chi connectivity index (χ3v) is 5.08. The number of ether oxygens (including phenoxy) is 1. The van der Waals surface area contributed by atoms with E-state index in [1.54, 1.807) is 10.6 Å². The van der Waals surface area contributed by atoms with Crippen LogP contribution in [0.3, 0.4) is 0 Å². The Bertz CT molecular complexity index is 1130. The minimum atomic E-state index is -4.64. The zero-order valence-corrected chi connectivity index (χ0v) is 16.7. The quantitative estimate of drug-likeness (QED) is 0.640. The summed E-state index contributed by atoms with van der Waals surface area (Å²) in [5.74, 6) is 0.131. The van der Waals surface area contributed by atoms with Gasteiger partial charge in [-0.1, -0.05) is 0 Å². The molecule has 1 fully saturated rings. The number of nitriles is 1. The van der Waals surface area contributed by atoms with Crippen molar-refractivity contribution in [2.75, 3.05) is 25.5 Å². The Labute approximate surface area is 176 Å². The van der Waals surface area contributed by atoms with E-state index in [1.165, 1.54) is 19.4 Å². The van der Waals surface area contributed by atoms with Gasteiger partial charge in [-0.25, -0.2) is 15.0 Å². The highest BCUT2D eigenvalue weighted by molar-refractivity contribution is 5.94. The summed E-state index contributed by atoms with van der Waals surface area (Å²) in [5, 5.41) is 15.9. The first kappa shape index (κ1) is 21.0. The van der Waals surface area contributed by atoms with Gasteiger partial charge in [0.2, 0.25) is 5.95 Å². The van der Waals surface area contributed by atoms with Gasteiger partial charge in [0.1, 0.15) is 29.7 Å². The number of piperidine rings is 1. The molecule has 11 heteroatoms. The maximum absolute atomic E-state index is 13.8. The average molecular weight is 431 g/mol. The Morgan fingerprint density at radius 3 is 2.87 bits per heavy atom. The van der Waals surface area contributed by atoms with Crippen LogP contribution < -0.4 is 10.6 Å². The minimum Gasteiger partial charge on any atom is -0.364 e. The third-order valence-electron chi connectivity index (χ3n) is 5.08. The van der Waals surface area contributed by atoms with E-state index in [0.29, 0.717) is 17.6 Å². The van der Waals surface area contributed by atoms with Crippen molar-refractivity contribution in [2.24, 2.45) is 0 Å². The molecule has 1 aliphatic rings. The predicted octanol–water partition coefficient (Wildman–Crippen LogP) is 3.15. The first-order valence-corrected chi connectivity index (χ1v) is 9.71. The van der Waals surface area contributed by atoms with E-state index in [0.717, 1.165) is 25.6 Å². The van der Waals surface area contributed by atoms with Gasteiger partial charge >= 0.3 is 6.18 Å². The molecule has 2 N–H and O–H groups in total. The van der Waals surface area contributed by atoms with Crippen molar-refractivity contribution in [2.45, 2.75) is 31.8 Å². The fourth-order valence-electron chi connectivity index (χ4n) is 3.67. The molecular formula is C20H20F3N7O. The number of hydrogen-bond donors (Lipinski definition) is 2. The molecule has 1 aliphatic heterocycles. The largest absolute Gasteiger partial charge is 0.419 e. The van der Waals surface area contributed by atoms with E-state index in [1.807, 2.05) is 6.07 Å². The number of anilines is 1. The molecule has 8 nitrogen and oxygen atoms in total. The van der Waals surface area contributed by atoms with Gasteiger partial charge in [0.15, 0.2) is 0 Å². The van der Waals surface area contributed by atoms with Crippen LogP contribution in [0.5, 0.6) is 0 Å². The molecule has 31 heavy (non-hydrogen) atoms. The lowest BCUT2D eigenvalue weighted by molar-refractivity contribution is -0.137. The molecule has 4 heterocycles. The Kier molecular flexibility index (Phi) is 5.75. The Balaban J connectivity index is 1.85. The van der Waals surface area contributed by atoms with Crippen LogP contribution in [0.15, 0.2) is 24.5 Å². The maximum atomic E-state index is 13.8. The summed E-state index contributed by atoms with van der Waals surface area (Å²) < 4.78 is 48.1. The van der Waals surface area contributed by atoms with Crippen molar-refractivity contribution < 1.29 is 17.9 Å². The topological polar surface area (TPSA) is 101 Å². The molecule has 162 valence electrons. The van der Waals surface area contributed by atoms with Crippen LogP contribution in [0.1, 0.15) is 24.1 Å². The predicted molar refractivity (Wildman–Crippen MR) is 107 cm³/mol. The van der Waals surface area contributed by atoms with Crippen molar-refractivity contribution in [3.8, 4) is 17.3 Å². The average Bonchev–Trinajstić information content (AvgIpc) is 3.11. The molecule has 0 aromatic carbocycles. The summed E-state index contributed by atoms with van der Waals surface area (Å²) in [5.41, 5.74) is -0.460. The number of aromatic nitrogens is 4. The lowest BCUT2D eigenvalue weighted by atomic mass is 10.1. The standard InChI is InChI=1S/C20H20F3N7O/c1-31-11-30-10-15(14-5-4-12(7-24)27-18(14)30)17-16(20(21,22)23)9-26-19(29-17)28-13-3-2-6-25-8-13/h4-5,9-10,13,25H,2-3,6,8,11H2,1H3,(H,26,28,29)/t13-/m0/s1. The van der Waals surface area contributed by atoms with E-state index >= 15 is 0 Å². The summed E-state index contributed by atoms with van der Waals surface area (Å²) in [6.45, 7) is 1.66. The summed E-state index contributed by atoms with van der Waals surface area (Å²) in [4.78, 5) is 12.4. The highest BCUT2D eigenvalue weighted by Crippen LogP contribution is 2.39. The van der Waals surface area contributed by atoms with Crippen LogP contribution >= 0.6 is 0 Å². The summed E-state index contributed by atoms with van der Waals surface area (Å²) >= 11 is 0. The van der Waals surface area contributed by atoms with Crippen molar-refractivity contribution >= 4 is 17.0 Å². The van der Waals surface area contributed by atoms with Crippen LogP contribution in [0.25, 0.3) is 22.3 Å².